The van der Waals surface area contributed by atoms with Crippen LogP contribution in [0.15, 0.2) is 51.4 Å². The van der Waals surface area contributed by atoms with Gasteiger partial charge in [0.05, 0.1) is 18.0 Å². The molecule has 7 atom stereocenters. The minimum Gasteiger partial charge on any atom is -0.431 e. The monoisotopic (exact) mass is 492 g/mol. The number of halogens is 2. The summed E-state index contributed by atoms with van der Waals surface area (Å²) in [5, 5.41) is 12.4. The van der Waals surface area contributed by atoms with Crippen LogP contribution in [0.1, 0.15) is 64.9 Å². The summed E-state index contributed by atoms with van der Waals surface area (Å²) in [6, 6.07) is 3.14. The maximum Gasteiger partial charge on any atom is 0.335 e. The van der Waals surface area contributed by atoms with Crippen molar-refractivity contribution in [1.29, 1.82) is 0 Å². The first-order chi connectivity index (χ1) is 15.3. The van der Waals surface area contributed by atoms with Crippen molar-refractivity contribution in [1.82, 2.24) is 0 Å². The van der Waals surface area contributed by atoms with Gasteiger partial charge >= 0.3 is 5.63 Å². The van der Waals surface area contributed by atoms with Crippen LogP contribution in [0.2, 0.25) is 0 Å². The van der Waals surface area contributed by atoms with Crippen molar-refractivity contribution in [3.05, 3.63) is 58.2 Å². The fourth-order valence-electron chi connectivity index (χ4n) is 8.33. The van der Waals surface area contributed by atoms with E-state index in [1.807, 2.05) is 0 Å². The van der Waals surface area contributed by atoms with E-state index in [0.29, 0.717) is 5.92 Å². The summed E-state index contributed by atoms with van der Waals surface area (Å²) < 4.78 is 9.81. The van der Waals surface area contributed by atoms with Crippen molar-refractivity contribution in [3.8, 4) is 0 Å². The molecule has 0 aliphatic heterocycles. The van der Waals surface area contributed by atoms with Crippen LogP contribution < -0.4 is 5.63 Å². The van der Waals surface area contributed by atoms with Crippen LogP contribution in [0, 0.1) is 28.1 Å². The van der Waals surface area contributed by atoms with Crippen LogP contribution in [0.3, 0.4) is 0 Å². The molecular weight excluding hydrogens is 459 g/mol. The van der Waals surface area contributed by atoms with E-state index >= 15 is 0 Å². The molecule has 1 aromatic rings. The van der Waals surface area contributed by atoms with Gasteiger partial charge in [-0.1, -0.05) is 45.9 Å². The molecule has 2 fully saturated rings. The van der Waals surface area contributed by atoms with Gasteiger partial charge in [-0.05, 0) is 59.1 Å². The van der Waals surface area contributed by atoms with E-state index in [0.717, 1.165) is 30.4 Å². The van der Waals surface area contributed by atoms with Gasteiger partial charge in [-0.15, -0.1) is 23.2 Å². The van der Waals surface area contributed by atoms with Gasteiger partial charge in [0, 0.05) is 30.9 Å². The zero-order valence-electron chi connectivity index (χ0n) is 20.0. The number of allylic oxidation sites excluding steroid dienone is 2. The summed E-state index contributed by atoms with van der Waals surface area (Å²) in [4.78, 5) is 11.6. The topological polar surface area (TPSA) is 59.7 Å². The van der Waals surface area contributed by atoms with E-state index in [9.17, 15) is 9.90 Å². The minimum atomic E-state index is -1.18. The Labute approximate surface area is 206 Å². The molecule has 180 valence electrons. The Bertz CT molecular complexity index is 1070. The molecule has 0 spiro atoms. The molecule has 0 unspecified atom stereocenters. The second-order valence-electron chi connectivity index (χ2n) is 11.8. The summed E-state index contributed by atoms with van der Waals surface area (Å²) >= 11 is 14.0. The van der Waals surface area contributed by atoms with Gasteiger partial charge in [0.25, 0.3) is 0 Å². The van der Waals surface area contributed by atoms with E-state index in [4.69, 9.17) is 32.4 Å². The Hall–Kier alpha value is -1.07. The number of hydrogen-bond acceptors (Lipinski definition) is 4. The van der Waals surface area contributed by atoms with Crippen LogP contribution in [-0.2, 0) is 4.74 Å². The highest BCUT2D eigenvalue weighted by Crippen LogP contribution is 2.73. The van der Waals surface area contributed by atoms with Crippen LogP contribution in [0.25, 0.3) is 0 Å². The molecular formula is C27H34Cl2O4. The summed E-state index contributed by atoms with van der Waals surface area (Å²) in [5.74, 6) is 0.254. The lowest BCUT2D eigenvalue weighted by Gasteiger charge is -2.61. The first kappa shape index (κ1) is 23.7. The van der Waals surface area contributed by atoms with E-state index in [1.54, 1.807) is 13.2 Å². The molecule has 0 saturated heterocycles. The third kappa shape index (κ3) is 3.00. The third-order valence-electron chi connectivity index (χ3n) is 9.95. The Morgan fingerprint density at radius 3 is 2.55 bits per heavy atom. The summed E-state index contributed by atoms with van der Waals surface area (Å²) in [5.41, 5.74) is -0.388. The minimum absolute atomic E-state index is 0.0217. The van der Waals surface area contributed by atoms with Gasteiger partial charge in [-0.2, -0.15) is 0 Å². The van der Waals surface area contributed by atoms with Gasteiger partial charge in [-0.25, -0.2) is 4.79 Å². The van der Waals surface area contributed by atoms with Crippen molar-refractivity contribution in [2.45, 2.75) is 75.3 Å². The molecule has 0 bridgehead atoms. The molecule has 0 amide bonds. The molecule has 33 heavy (non-hydrogen) atoms. The number of aliphatic hydroxyl groups is 1. The van der Waals surface area contributed by atoms with Crippen molar-refractivity contribution in [2.75, 3.05) is 7.11 Å². The average Bonchev–Trinajstić information content (AvgIpc) is 2.89. The normalized spacial score (nSPS) is 45.0. The van der Waals surface area contributed by atoms with Crippen LogP contribution >= 0.6 is 23.2 Å². The smallest absolute Gasteiger partial charge is 0.335 e. The first-order valence-electron chi connectivity index (χ1n) is 11.9. The highest BCUT2D eigenvalue weighted by Gasteiger charge is 2.72. The Morgan fingerprint density at radius 2 is 1.91 bits per heavy atom. The molecule has 2 saturated carbocycles. The van der Waals surface area contributed by atoms with Crippen molar-refractivity contribution in [3.63, 3.8) is 0 Å². The second-order valence-corrected chi connectivity index (χ2v) is 13.3. The average molecular weight is 493 g/mol. The number of methoxy groups -OCH3 is 1. The summed E-state index contributed by atoms with van der Waals surface area (Å²) in [7, 11) is 1.78. The van der Waals surface area contributed by atoms with Gasteiger partial charge < -0.3 is 14.3 Å². The SMILES string of the molecule is CO[C@H]1C=C[C@]2(C)[C@H]3CC[C@]4(C)[C@@H](c5ccc(=O)oc5)C(Cl)(Cl)C[C@]4(O)C3=CC[C@H]2C1(C)C. The number of fused-ring (bicyclic) bond motifs is 5. The predicted octanol–water partition coefficient (Wildman–Crippen LogP) is 6.01. The quantitative estimate of drug-likeness (QED) is 0.405. The molecule has 5 rings (SSSR count). The lowest BCUT2D eigenvalue weighted by Crippen LogP contribution is -2.59. The zero-order valence-corrected chi connectivity index (χ0v) is 21.5. The molecule has 4 aliphatic rings. The van der Waals surface area contributed by atoms with Crippen molar-refractivity contribution >= 4 is 23.2 Å². The lowest BCUT2D eigenvalue weighted by molar-refractivity contribution is -0.105. The maximum absolute atomic E-state index is 12.4. The maximum atomic E-state index is 12.4. The Morgan fingerprint density at radius 1 is 1.18 bits per heavy atom. The molecule has 0 aromatic carbocycles. The zero-order chi connectivity index (χ0) is 24.0. The van der Waals surface area contributed by atoms with E-state index < -0.39 is 21.0 Å². The van der Waals surface area contributed by atoms with Crippen LogP contribution in [0.5, 0.6) is 0 Å². The number of alkyl halides is 2. The number of ether oxygens (including phenoxy) is 1. The van der Waals surface area contributed by atoms with Crippen LogP contribution in [-0.4, -0.2) is 28.3 Å². The Balaban J connectivity index is 1.61. The van der Waals surface area contributed by atoms with Gasteiger partial charge in [0.1, 0.15) is 4.33 Å². The summed E-state index contributed by atoms with van der Waals surface area (Å²) in [6.07, 6.45) is 11.2. The standard InChI is InChI=1S/C27H34Cl2O4/c1-23(2)19-8-7-18-17(24(19,3)12-11-20(23)32-5)10-13-25(4)22(16-6-9-21(30)33-14-16)27(28,29)15-26(18,25)31/h6-7,9,11-12,14,17,19-20,22,31H,8,10,13,15H2,1-5H3/t17-,19-,20-,22+,24+,25+,26-/m0/s1. The molecule has 1 aromatic heterocycles. The van der Waals surface area contributed by atoms with Gasteiger partial charge in [0.15, 0.2) is 0 Å². The van der Waals surface area contributed by atoms with Gasteiger partial charge in [-0.3, -0.25) is 0 Å². The number of hydrogen-bond donors (Lipinski definition) is 1. The third-order valence-corrected chi connectivity index (χ3v) is 10.7. The molecule has 1 N–H and O–H groups in total. The lowest BCUT2D eigenvalue weighted by atomic mass is 9.44. The van der Waals surface area contributed by atoms with E-state index in [1.165, 1.54) is 12.3 Å². The van der Waals surface area contributed by atoms with Crippen molar-refractivity contribution in [2.24, 2.45) is 28.1 Å². The second kappa shape index (κ2) is 7.22. The highest BCUT2D eigenvalue weighted by molar-refractivity contribution is 6.49. The largest absolute Gasteiger partial charge is 0.431 e. The Kier molecular flexibility index (Phi) is 5.18. The first-order valence-corrected chi connectivity index (χ1v) is 12.7. The predicted molar refractivity (Wildman–Crippen MR) is 131 cm³/mol. The number of rotatable bonds is 2. The molecule has 0 radical (unpaired) electrons. The molecule has 6 heteroatoms. The van der Waals surface area contributed by atoms with E-state index in [-0.39, 0.29) is 35.2 Å². The van der Waals surface area contributed by atoms with Crippen molar-refractivity contribution < 1.29 is 14.3 Å². The molecule has 4 aliphatic carbocycles. The highest BCUT2D eigenvalue weighted by atomic mass is 35.5. The fraction of sp³-hybridized carbons (Fsp3) is 0.667. The fourth-order valence-corrected chi connectivity index (χ4v) is 9.45. The van der Waals surface area contributed by atoms with Gasteiger partial charge in [0.2, 0.25) is 0 Å². The van der Waals surface area contributed by atoms with Crippen LogP contribution in [0.4, 0.5) is 0 Å². The van der Waals surface area contributed by atoms with E-state index in [2.05, 4.69) is 45.9 Å². The summed E-state index contributed by atoms with van der Waals surface area (Å²) in [6.45, 7) is 9.04. The molecule has 1 heterocycles. The molecule has 4 nitrogen and oxygen atoms in total.